The van der Waals surface area contributed by atoms with Crippen molar-refractivity contribution < 1.29 is 19.1 Å². The number of rotatable bonds is 9. The molecule has 1 atom stereocenters. The average molecular weight is 496 g/mol. The lowest BCUT2D eigenvalue weighted by atomic mass is 9.96. The molecule has 35 heavy (non-hydrogen) atoms. The van der Waals surface area contributed by atoms with Crippen LogP contribution >= 0.6 is 11.6 Å². The molecule has 184 valence electrons. The van der Waals surface area contributed by atoms with Crippen LogP contribution in [0.1, 0.15) is 37.1 Å². The summed E-state index contributed by atoms with van der Waals surface area (Å²) in [5.41, 5.74) is 3.35. The SMILES string of the molecule is CCCCN(CC(=O)N1c2ccccc2-n2cccc2C1c1cc(OC)ccc1OC)C(=O)CCl. The predicted molar refractivity (Wildman–Crippen MR) is 137 cm³/mol. The molecule has 1 aliphatic rings. The van der Waals surface area contributed by atoms with Crippen molar-refractivity contribution in [2.24, 2.45) is 0 Å². The van der Waals surface area contributed by atoms with Crippen LogP contribution in [0.4, 0.5) is 5.69 Å². The maximum Gasteiger partial charge on any atom is 0.247 e. The van der Waals surface area contributed by atoms with E-state index >= 15 is 0 Å². The number of amides is 2. The first kappa shape index (κ1) is 24.7. The third kappa shape index (κ3) is 4.73. The first-order valence-electron chi connectivity index (χ1n) is 11.7. The second-order valence-corrected chi connectivity index (χ2v) is 8.64. The quantitative estimate of drug-likeness (QED) is 0.400. The molecule has 2 amide bonds. The summed E-state index contributed by atoms with van der Waals surface area (Å²) in [6, 6.07) is 16.8. The number of benzene rings is 2. The summed E-state index contributed by atoms with van der Waals surface area (Å²) in [6.45, 7) is 2.46. The van der Waals surface area contributed by atoms with Gasteiger partial charge in [-0.2, -0.15) is 0 Å². The Morgan fingerprint density at radius 3 is 2.49 bits per heavy atom. The zero-order valence-corrected chi connectivity index (χ0v) is 21.0. The lowest BCUT2D eigenvalue weighted by molar-refractivity contribution is -0.133. The second kappa shape index (κ2) is 10.9. The van der Waals surface area contributed by atoms with E-state index in [1.165, 1.54) is 0 Å². The van der Waals surface area contributed by atoms with Crippen molar-refractivity contribution in [3.8, 4) is 17.2 Å². The molecule has 0 N–H and O–H groups in total. The third-order valence-electron chi connectivity index (χ3n) is 6.29. The number of ether oxygens (including phenoxy) is 2. The predicted octanol–water partition coefficient (Wildman–Crippen LogP) is 4.80. The van der Waals surface area contributed by atoms with Crippen LogP contribution in [0.25, 0.3) is 5.69 Å². The largest absolute Gasteiger partial charge is 0.497 e. The van der Waals surface area contributed by atoms with Crippen molar-refractivity contribution in [1.82, 2.24) is 9.47 Å². The van der Waals surface area contributed by atoms with Crippen LogP contribution in [0.15, 0.2) is 60.8 Å². The first-order valence-corrected chi connectivity index (χ1v) is 12.2. The maximum absolute atomic E-state index is 14.0. The van der Waals surface area contributed by atoms with Crippen molar-refractivity contribution in [2.75, 3.05) is 38.1 Å². The van der Waals surface area contributed by atoms with Gasteiger partial charge in [0.05, 0.1) is 31.3 Å². The number of fused-ring (bicyclic) bond motifs is 3. The van der Waals surface area contributed by atoms with E-state index in [-0.39, 0.29) is 24.2 Å². The molecule has 1 aliphatic heterocycles. The molecular weight excluding hydrogens is 466 g/mol. The van der Waals surface area contributed by atoms with E-state index in [1.54, 1.807) is 24.0 Å². The van der Waals surface area contributed by atoms with Crippen LogP contribution < -0.4 is 14.4 Å². The summed E-state index contributed by atoms with van der Waals surface area (Å²) in [5.74, 6) is 0.684. The summed E-state index contributed by atoms with van der Waals surface area (Å²) in [5, 5.41) is 0. The molecule has 2 aromatic carbocycles. The molecule has 0 saturated carbocycles. The van der Waals surface area contributed by atoms with Gasteiger partial charge in [-0.15, -0.1) is 11.6 Å². The summed E-state index contributed by atoms with van der Waals surface area (Å²) in [4.78, 5) is 29.9. The van der Waals surface area contributed by atoms with E-state index in [9.17, 15) is 9.59 Å². The number of anilines is 1. The van der Waals surface area contributed by atoms with E-state index in [4.69, 9.17) is 21.1 Å². The fourth-order valence-corrected chi connectivity index (χ4v) is 4.74. The van der Waals surface area contributed by atoms with Gasteiger partial charge in [0, 0.05) is 18.3 Å². The number of halogens is 1. The van der Waals surface area contributed by atoms with E-state index in [2.05, 4.69) is 4.57 Å². The third-order valence-corrected chi connectivity index (χ3v) is 6.52. The van der Waals surface area contributed by atoms with Gasteiger partial charge < -0.3 is 18.9 Å². The molecule has 4 rings (SSSR count). The highest BCUT2D eigenvalue weighted by Crippen LogP contribution is 2.45. The number of hydrogen-bond acceptors (Lipinski definition) is 4. The van der Waals surface area contributed by atoms with Crippen molar-refractivity contribution in [1.29, 1.82) is 0 Å². The van der Waals surface area contributed by atoms with Crippen LogP contribution in [0.2, 0.25) is 0 Å². The standard InChI is InChI=1S/C27H30ClN3O4/c1-4-5-14-29(25(32)17-28)18-26(33)31-22-10-7-6-9-21(22)30-15-8-11-23(30)27(31)20-16-19(34-2)12-13-24(20)35-3/h6-13,15-16,27H,4-5,14,17-18H2,1-3H3. The van der Waals surface area contributed by atoms with E-state index in [0.717, 1.165) is 35.5 Å². The van der Waals surface area contributed by atoms with Gasteiger partial charge in [-0.05, 0) is 48.9 Å². The molecule has 1 aromatic heterocycles. The average Bonchev–Trinajstić information content (AvgIpc) is 3.39. The highest BCUT2D eigenvalue weighted by molar-refractivity contribution is 6.27. The molecule has 0 radical (unpaired) electrons. The normalized spacial score (nSPS) is 14.2. The number of methoxy groups -OCH3 is 2. The molecule has 8 heteroatoms. The number of carbonyl (C=O) groups excluding carboxylic acids is 2. The number of nitrogens with zero attached hydrogens (tertiary/aromatic N) is 3. The number of unbranched alkanes of at least 4 members (excludes halogenated alkanes) is 1. The Labute approximate surface area is 210 Å². The lowest BCUT2D eigenvalue weighted by Gasteiger charge is -2.40. The summed E-state index contributed by atoms with van der Waals surface area (Å²) in [7, 11) is 3.22. The zero-order chi connectivity index (χ0) is 24.9. The summed E-state index contributed by atoms with van der Waals surface area (Å²) < 4.78 is 13.3. The van der Waals surface area contributed by atoms with Gasteiger partial charge in [-0.25, -0.2) is 0 Å². The smallest absolute Gasteiger partial charge is 0.247 e. The zero-order valence-electron chi connectivity index (χ0n) is 20.2. The Morgan fingerprint density at radius 2 is 1.80 bits per heavy atom. The molecular formula is C27H30ClN3O4. The summed E-state index contributed by atoms with van der Waals surface area (Å²) >= 11 is 5.88. The van der Waals surface area contributed by atoms with Gasteiger partial charge in [0.15, 0.2) is 0 Å². The number of alkyl halides is 1. The van der Waals surface area contributed by atoms with Gasteiger partial charge in [0.25, 0.3) is 0 Å². The number of hydrogen-bond donors (Lipinski definition) is 0. The van der Waals surface area contributed by atoms with Crippen LogP contribution in [0, 0.1) is 0 Å². The lowest BCUT2D eigenvalue weighted by Crippen LogP contribution is -2.47. The second-order valence-electron chi connectivity index (χ2n) is 8.37. The molecule has 0 aliphatic carbocycles. The monoisotopic (exact) mass is 495 g/mol. The first-order chi connectivity index (χ1) is 17.0. The van der Waals surface area contributed by atoms with Gasteiger partial charge >= 0.3 is 0 Å². The number of carbonyl (C=O) groups is 2. The Balaban J connectivity index is 1.86. The van der Waals surface area contributed by atoms with Gasteiger partial charge in [0.1, 0.15) is 30.0 Å². The van der Waals surface area contributed by atoms with Crippen molar-refractivity contribution >= 4 is 29.1 Å². The Morgan fingerprint density at radius 1 is 1.03 bits per heavy atom. The van der Waals surface area contributed by atoms with Gasteiger partial charge in [0.2, 0.25) is 11.8 Å². The van der Waals surface area contributed by atoms with E-state index in [0.29, 0.717) is 18.0 Å². The molecule has 0 fully saturated rings. The highest BCUT2D eigenvalue weighted by atomic mass is 35.5. The van der Waals surface area contributed by atoms with Crippen molar-refractivity contribution in [3.63, 3.8) is 0 Å². The molecule has 2 heterocycles. The molecule has 0 bridgehead atoms. The maximum atomic E-state index is 14.0. The molecule has 1 unspecified atom stereocenters. The van der Waals surface area contributed by atoms with Crippen LogP contribution in [-0.2, 0) is 9.59 Å². The van der Waals surface area contributed by atoms with Crippen molar-refractivity contribution in [3.05, 3.63) is 72.1 Å². The van der Waals surface area contributed by atoms with E-state index in [1.807, 2.05) is 67.7 Å². The Bertz CT molecular complexity index is 1210. The van der Waals surface area contributed by atoms with Crippen LogP contribution in [0.3, 0.4) is 0 Å². The minimum Gasteiger partial charge on any atom is -0.497 e. The summed E-state index contributed by atoms with van der Waals surface area (Å²) in [6.07, 6.45) is 3.69. The topological polar surface area (TPSA) is 64.0 Å². The van der Waals surface area contributed by atoms with Crippen LogP contribution in [-0.4, -0.2) is 54.5 Å². The number of aromatic nitrogens is 1. The highest BCUT2D eigenvalue weighted by Gasteiger charge is 2.38. The fourth-order valence-electron chi connectivity index (χ4n) is 4.57. The minimum atomic E-state index is -0.489. The van der Waals surface area contributed by atoms with Crippen LogP contribution in [0.5, 0.6) is 11.5 Å². The molecule has 0 saturated heterocycles. The van der Waals surface area contributed by atoms with Crippen molar-refractivity contribution in [2.45, 2.75) is 25.8 Å². The molecule has 3 aromatic rings. The minimum absolute atomic E-state index is 0.0661. The molecule has 0 spiro atoms. The number of para-hydroxylation sites is 2. The Hall–Kier alpha value is -3.45. The van der Waals surface area contributed by atoms with Gasteiger partial charge in [-0.1, -0.05) is 25.5 Å². The Kier molecular flexibility index (Phi) is 7.66. The van der Waals surface area contributed by atoms with Gasteiger partial charge in [-0.3, -0.25) is 14.5 Å². The molecule has 7 nitrogen and oxygen atoms in total. The van der Waals surface area contributed by atoms with E-state index < -0.39 is 6.04 Å². The fraction of sp³-hybridized carbons (Fsp3) is 0.333.